The molecule has 7 aromatic rings. The van der Waals surface area contributed by atoms with Crippen molar-refractivity contribution in [2.24, 2.45) is 4.99 Å². The van der Waals surface area contributed by atoms with E-state index in [1.165, 1.54) is 31.2 Å². The Hall–Kier alpha value is -8.05. The fraction of sp³-hybridized carbons (Fsp3) is 0.179. The average molecular weight is 1130 g/mol. The number of thiazole rings is 1. The zero-order valence-corrected chi connectivity index (χ0v) is 41.8. The molecule has 0 radical (unpaired) electrons. The number of carbonyl (C=O) groups is 4. The number of aromatic nitrogens is 1. The van der Waals surface area contributed by atoms with Gasteiger partial charge in [0.15, 0.2) is 0 Å². The van der Waals surface area contributed by atoms with Gasteiger partial charge in [-0.3, -0.25) is 24.2 Å². The minimum Gasteiger partial charge on any atom is -0.457 e. The van der Waals surface area contributed by atoms with Crippen LogP contribution in [0.1, 0.15) is 80.4 Å². The molecule has 4 heterocycles. The molecule has 1 aliphatic carbocycles. The van der Waals surface area contributed by atoms with Crippen LogP contribution in [0.3, 0.4) is 0 Å². The Bertz CT molecular complexity index is 3840. The van der Waals surface area contributed by atoms with Gasteiger partial charge in [-0.25, -0.2) is 14.8 Å². The normalized spacial score (nSPS) is 17.5. The molecule has 2 unspecified atom stereocenters. The molecular weight excluding hydrogens is 1100 g/mol. The molecule has 0 saturated heterocycles. The van der Waals surface area contributed by atoms with Crippen LogP contribution in [0.2, 0.25) is 0 Å². The first-order valence-electron chi connectivity index (χ1n) is 23.5. The standard InChI is InChI=1S/C56H32F12N4O5S2/c1-27-3-9-30(10-4-27)51(53(57,58)59,54(60,61)62)31-11-7-29(8-12-31)45-69-41-25-44-42(26-43(41)78-45)70-50(79-44)72-47(74)38-22-14-33(24-40(38)49(72)76)52(55(63,64)65,56(66,67)68)32-13-21-37-39(23-32)48(75)71(46(37)73)34-15-19-36(20-16-34)77-35-17-5-28(2)6-18-35/h3-26,41,43H,1-2H3. The van der Waals surface area contributed by atoms with Gasteiger partial charge in [0.05, 0.1) is 54.2 Å². The lowest BCUT2D eigenvalue weighted by molar-refractivity contribution is -0.290. The van der Waals surface area contributed by atoms with Crippen LogP contribution in [0.5, 0.6) is 11.5 Å². The maximum atomic E-state index is 15.6. The van der Waals surface area contributed by atoms with Crippen molar-refractivity contribution in [2.45, 2.75) is 60.7 Å². The highest BCUT2D eigenvalue weighted by atomic mass is 32.2. The summed E-state index contributed by atoms with van der Waals surface area (Å²) in [7, 11) is 0. The Labute approximate surface area is 446 Å². The second kappa shape index (κ2) is 18.3. The number of aliphatic imine (C=N–C) groups is 1. The quantitative estimate of drug-likeness (QED) is 0.105. The molecule has 11 rings (SSSR count). The number of hydrogen-bond acceptors (Lipinski definition) is 9. The molecule has 1 aromatic heterocycles. The van der Waals surface area contributed by atoms with E-state index in [9.17, 15) is 45.5 Å². The first kappa shape index (κ1) is 53.0. The number of thioether (sulfide) groups is 1. The molecule has 79 heavy (non-hydrogen) atoms. The van der Waals surface area contributed by atoms with Gasteiger partial charge in [0.1, 0.15) is 11.5 Å². The van der Waals surface area contributed by atoms with Crippen molar-refractivity contribution in [3.05, 3.63) is 205 Å². The summed E-state index contributed by atoms with van der Waals surface area (Å²) in [5, 5.41) is -0.429. The maximum absolute atomic E-state index is 15.6. The Morgan fingerprint density at radius 3 is 1.41 bits per heavy atom. The number of alkyl halides is 12. The van der Waals surface area contributed by atoms with Crippen LogP contribution in [0.25, 0.3) is 12.2 Å². The van der Waals surface area contributed by atoms with E-state index in [1.54, 1.807) is 36.4 Å². The molecule has 0 fully saturated rings. The smallest absolute Gasteiger partial charge is 0.411 e. The summed E-state index contributed by atoms with van der Waals surface area (Å²) in [6.45, 7) is 3.39. The molecule has 9 nitrogen and oxygen atoms in total. The highest BCUT2D eigenvalue weighted by Gasteiger charge is 2.74. The van der Waals surface area contributed by atoms with E-state index in [0.29, 0.717) is 62.0 Å². The number of imide groups is 2. The Balaban J connectivity index is 0.869. The third-order valence-corrected chi connectivity index (χ3v) is 16.4. The fourth-order valence-corrected chi connectivity index (χ4v) is 12.4. The first-order valence-corrected chi connectivity index (χ1v) is 25.1. The van der Waals surface area contributed by atoms with Gasteiger partial charge in [-0.05, 0) is 109 Å². The molecular formula is C56H32F12N4O5S2. The topological polar surface area (TPSA) is 109 Å². The number of fused-ring (bicyclic) bond motifs is 4. The van der Waals surface area contributed by atoms with Crippen molar-refractivity contribution in [2.75, 3.05) is 9.80 Å². The molecule has 0 spiro atoms. The monoisotopic (exact) mass is 1130 g/mol. The largest absolute Gasteiger partial charge is 0.457 e. The molecule has 23 heteroatoms. The molecule has 2 atom stereocenters. The third-order valence-electron chi connectivity index (χ3n) is 14.1. The summed E-state index contributed by atoms with van der Waals surface area (Å²) in [4.78, 5) is 65.5. The zero-order chi connectivity index (χ0) is 56.5. The van der Waals surface area contributed by atoms with Gasteiger partial charge in [0.25, 0.3) is 23.6 Å². The van der Waals surface area contributed by atoms with E-state index in [-0.39, 0.29) is 32.5 Å². The minimum atomic E-state index is -6.23. The van der Waals surface area contributed by atoms with Crippen molar-refractivity contribution in [1.29, 1.82) is 0 Å². The number of ether oxygens (including phenoxy) is 1. The van der Waals surface area contributed by atoms with Gasteiger partial charge in [0.2, 0.25) is 16.0 Å². The van der Waals surface area contributed by atoms with Gasteiger partial charge in [-0.1, -0.05) is 107 Å². The number of rotatable bonds is 9. The third kappa shape index (κ3) is 8.24. The summed E-state index contributed by atoms with van der Waals surface area (Å²) < 4.78 is 188. The lowest BCUT2D eigenvalue weighted by Crippen LogP contribution is -2.55. The summed E-state index contributed by atoms with van der Waals surface area (Å²) in [6, 6.07) is 22.1. The molecule has 3 aliphatic heterocycles. The maximum Gasteiger partial charge on any atom is 0.411 e. The number of hydrogen-bond donors (Lipinski definition) is 0. The second-order valence-corrected chi connectivity index (χ2v) is 21.0. The van der Waals surface area contributed by atoms with Gasteiger partial charge in [-0.15, -0.1) is 0 Å². The molecule has 402 valence electrons. The number of anilines is 2. The predicted molar refractivity (Wildman–Crippen MR) is 268 cm³/mol. The predicted octanol–water partition coefficient (Wildman–Crippen LogP) is 12.5. The number of carbonyl (C=O) groups excluding carboxylic acids is 4. The van der Waals surface area contributed by atoms with Crippen LogP contribution in [-0.2, 0) is 10.8 Å². The Morgan fingerprint density at radius 2 is 0.899 bits per heavy atom. The van der Waals surface area contributed by atoms with Crippen LogP contribution < -0.4 is 24.4 Å². The lowest BCUT2D eigenvalue weighted by Gasteiger charge is -2.38. The van der Waals surface area contributed by atoms with Crippen LogP contribution in [0.4, 0.5) is 63.5 Å². The van der Waals surface area contributed by atoms with E-state index in [2.05, 4.69) is 9.98 Å². The van der Waals surface area contributed by atoms with E-state index in [0.717, 1.165) is 77.2 Å². The number of amides is 4. The van der Waals surface area contributed by atoms with Crippen molar-refractivity contribution in [1.82, 2.24) is 4.98 Å². The van der Waals surface area contributed by atoms with Crippen LogP contribution in [0.15, 0.2) is 138 Å². The first-order chi connectivity index (χ1) is 37.1. The van der Waals surface area contributed by atoms with Gasteiger partial charge >= 0.3 is 24.7 Å². The SMILES string of the molecule is Cc1ccc(Oc2ccc(N3C(=O)c4ccc(C(c5ccc6c(c5)C(=O)N(c5nc7c(s5)=CC5N=C(c8ccc(C(c9ccc(C)cc9)(C(F)(F)F)C(F)(F)F)cc8)SC5C=7)C6=O)(C(F)(F)F)C(F)(F)F)cc4C3=O)cc2)cc1. The molecule has 0 N–H and O–H groups in total. The summed E-state index contributed by atoms with van der Waals surface area (Å²) >= 11 is 1.84. The number of halogens is 12. The second-order valence-electron chi connectivity index (χ2n) is 18.8. The summed E-state index contributed by atoms with van der Waals surface area (Å²) in [5.41, 5.74) is -15.5. The van der Waals surface area contributed by atoms with E-state index in [1.807, 2.05) is 6.92 Å². The van der Waals surface area contributed by atoms with Crippen LogP contribution >= 0.6 is 23.1 Å². The molecule has 0 bridgehead atoms. The van der Waals surface area contributed by atoms with Crippen molar-refractivity contribution in [3.63, 3.8) is 0 Å². The Kier molecular flexibility index (Phi) is 12.2. The van der Waals surface area contributed by atoms with E-state index >= 15 is 26.3 Å². The van der Waals surface area contributed by atoms with Gasteiger partial charge in [0, 0.05) is 5.56 Å². The average Bonchev–Trinajstić information content (AvgIpc) is 3.18. The Morgan fingerprint density at radius 1 is 0.481 bits per heavy atom. The highest BCUT2D eigenvalue weighted by Crippen LogP contribution is 2.58. The van der Waals surface area contributed by atoms with E-state index < -0.39 is 115 Å². The molecule has 0 saturated carbocycles. The van der Waals surface area contributed by atoms with E-state index in [4.69, 9.17) is 4.74 Å². The van der Waals surface area contributed by atoms with Gasteiger partial charge in [-0.2, -0.15) is 52.7 Å². The lowest BCUT2D eigenvalue weighted by atomic mass is 9.71. The summed E-state index contributed by atoms with van der Waals surface area (Å²) in [5.74, 6) is -3.94. The fourth-order valence-electron chi connectivity index (χ4n) is 10.2. The highest BCUT2D eigenvalue weighted by molar-refractivity contribution is 8.15. The van der Waals surface area contributed by atoms with Crippen molar-refractivity contribution >= 4 is 74.7 Å². The molecule has 4 amide bonds. The number of aryl methyl sites for hydroxylation is 2. The van der Waals surface area contributed by atoms with Crippen LogP contribution in [-0.4, -0.2) is 69.7 Å². The molecule has 6 aromatic carbocycles. The molecule has 4 aliphatic rings. The van der Waals surface area contributed by atoms with Crippen molar-refractivity contribution < 1.29 is 76.6 Å². The number of nitrogens with zero attached hydrogens (tertiary/aromatic N) is 4. The van der Waals surface area contributed by atoms with Crippen LogP contribution in [0, 0.1) is 13.8 Å². The van der Waals surface area contributed by atoms with Gasteiger partial charge < -0.3 is 4.74 Å². The van der Waals surface area contributed by atoms with Crippen molar-refractivity contribution in [3.8, 4) is 11.5 Å². The summed E-state index contributed by atoms with van der Waals surface area (Å²) in [6.07, 6.45) is -20.9. The minimum absolute atomic E-state index is 0.0627. The zero-order valence-electron chi connectivity index (χ0n) is 40.2. The number of benzene rings is 6.